The minimum absolute atomic E-state index is 0.0563. The summed E-state index contributed by atoms with van der Waals surface area (Å²) in [5.74, 6) is -0.0237. The van der Waals surface area contributed by atoms with E-state index in [4.69, 9.17) is 0 Å². The van der Waals surface area contributed by atoms with Crippen LogP contribution in [0.2, 0.25) is 0 Å². The van der Waals surface area contributed by atoms with Crippen molar-refractivity contribution in [1.82, 2.24) is 0 Å². The molecule has 0 radical (unpaired) electrons. The summed E-state index contributed by atoms with van der Waals surface area (Å²) in [7, 11) is 0. The van der Waals surface area contributed by atoms with Crippen molar-refractivity contribution in [2.45, 2.75) is 52.9 Å². The molecule has 1 nitrogen and oxygen atoms in total. The summed E-state index contributed by atoms with van der Waals surface area (Å²) in [5.41, 5.74) is 0.799. The molecule has 1 aromatic rings. The molecule has 0 saturated heterocycles. The Labute approximate surface area is 109 Å². The lowest BCUT2D eigenvalue weighted by Crippen LogP contribution is -2.10. The van der Waals surface area contributed by atoms with Gasteiger partial charge in [-0.1, -0.05) is 51.7 Å². The lowest BCUT2D eigenvalue weighted by atomic mass is 9.91. The summed E-state index contributed by atoms with van der Waals surface area (Å²) in [4.78, 5) is 12.1. The highest BCUT2D eigenvalue weighted by atomic mass is 19.1. The van der Waals surface area contributed by atoms with Crippen LogP contribution in [0.15, 0.2) is 18.2 Å². The number of carbonyl (C=O) groups excluding carboxylic acids is 1. The van der Waals surface area contributed by atoms with Gasteiger partial charge in [-0.05, 0) is 24.5 Å². The number of carbonyl (C=O) groups is 1. The standard InChI is InChI=1S/C16H23FO/c1-4-6-9-13(5-2)11-15(18)14-10-7-8-12(3)16(14)17/h7-8,10,13H,4-6,9,11H2,1-3H3. The van der Waals surface area contributed by atoms with Gasteiger partial charge in [0, 0.05) is 6.42 Å². The molecule has 0 spiro atoms. The average molecular weight is 250 g/mol. The van der Waals surface area contributed by atoms with Crippen LogP contribution in [0.25, 0.3) is 0 Å². The van der Waals surface area contributed by atoms with Crippen molar-refractivity contribution in [3.05, 3.63) is 35.1 Å². The van der Waals surface area contributed by atoms with Gasteiger partial charge in [0.2, 0.25) is 0 Å². The summed E-state index contributed by atoms with van der Waals surface area (Å²) in [5, 5.41) is 0. The van der Waals surface area contributed by atoms with E-state index in [1.165, 1.54) is 0 Å². The molecule has 0 aliphatic heterocycles. The molecule has 0 heterocycles. The van der Waals surface area contributed by atoms with Crippen molar-refractivity contribution in [2.24, 2.45) is 5.92 Å². The monoisotopic (exact) mass is 250 g/mol. The first-order valence-electron chi connectivity index (χ1n) is 6.88. The van der Waals surface area contributed by atoms with Crippen molar-refractivity contribution < 1.29 is 9.18 Å². The quantitative estimate of drug-likeness (QED) is 0.627. The zero-order chi connectivity index (χ0) is 13.5. The Morgan fingerprint density at radius 1 is 1.33 bits per heavy atom. The van der Waals surface area contributed by atoms with Gasteiger partial charge in [-0.2, -0.15) is 0 Å². The second-order valence-corrected chi connectivity index (χ2v) is 4.98. The van der Waals surface area contributed by atoms with Crippen molar-refractivity contribution in [3.63, 3.8) is 0 Å². The number of halogens is 1. The van der Waals surface area contributed by atoms with Crippen LogP contribution >= 0.6 is 0 Å². The largest absolute Gasteiger partial charge is 0.294 e. The molecule has 1 unspecified atom stereocenters. The van der Waals surface area contributed by atoms with Gasteiger partial charge in [0.1, 0.15) is 5.82 Å². The molecule has 100 valence electrons. The van der Waals surface area contributed by atoms with E-state index in [0.29, 0.717) is 17.9 Å². The van der Waals surface area contributed by atoms with E-state index < -0.39 is 0 Å². The summed E-state index contributed by atoms with van der Waals surface area (Å²) >= 11 is 0. The van der Waals surface area contributed by atoms with Gasteiger partial charge in [-0.15, -0.1) is 0 Å². The third-order valence-electron chi connectivity index (χ3n) is 3.51. The van der Waals surface area contributed by atoms with Gasteiger partial charge in [0.05, 0.1) is 5.56 Å². The Morgan fingerprint density at radius 2 is 2.06 bits per heavy atom. The zero-order valence-corrected chi connectivity index (χ0v) is 11.6. The predicted octanol–water partition coefficient (Wildman–Crippen LogP) is 4.92. The lowest BCUT2D eigenvalue weighted by molar-refractivity contribution is 0.0953. The fourth-order valence-electron chi connectivity index (χ4n) is 2.18. The molecule has 0 fully saturated rings. The Morgan fingerprint density at radius 3 is 2.67 bits per heavy atom. The molecule has 0 N–H and O–H groups in total. The summed E-state index contributed by atoms with van der Waals surface area (Å²) in [6, 6.07) is 5.04. The molecule has 1 atom stereocenters. The average Bonchev–Trinajstić information content (AvgIpc) is 2.37. The predicted molar refractivity (Wildman–Crippen MR) is 73.4 cm³/mol. The second kappa shape index (κ2) is 7.30. The fraction of sp³-hybridized carbons (Fsp3) is 0.562. The first-order valence-corrected chi connectivity index (χ1v) is 6.88. The molecule has 1 aromatic carbocycles. The zero-order valence-electron chi connectivity index (χ0n) is 11.6. The van der Waals surface area contributed by atoms with Crippen molar-refractivity contribution in [2.75, 3.05) is 0 Å². The van der Waals surface area contributed by atoms with Gasteiger partial charge in [0.25, 0.3) is 0 Å². The summed E-state index contributed by atoms with van der Waals surface area (Å²) in [6.45, 7) is 5.94. The van der Waals surface area contributed by atoms with Crippen molar-refractivity contribution >= 4 is 5.78 Å². The van der Waals surface area contributed by atoms with E-state index in [2.05, 4.69) is 13.8 Å². The van der Waals surface area contributed by atoms with Crippen LogP contribution in [-0.4, -0.2) is 5.78 Å². The summed E-state index contributed by atoms with van der Waals surface area (Å²) < 4.78 is 13.8. The van der Waals surface area contributed by atoms with E-state index in [1.54, 1.807) is 25.1 Å². The lowest BCUT2D eigenvalue weighted by Gasteiger charge is -2.14. The number of hydrogen-bond donors (Lipinski definition) is 0. The molecular weight excluding hydrogens is 227 g/mol. The maximum Gasteiger partial charge on any atom is 0.166 e. The van der Waals surface area contributed by atoms with Gasteiger partial charge in [-0.3, -0.25) is 4.79 Å². The van der Waals surface area contributed by atoms with E-state index in [-0.39, 0.29) is 17.2 Å². The number of benzene rings is 1. The van der Waals surface area contributed by atoms with Crippen LogP contribution in [0.3, 0.4) is 0 Å². The third kappa shape index (κ3) is 3.94. The Kier molecular flexibility index (Phi) is 6.03. The van der Waals surface area contributed by atoms with E-state index in [0.717, 1.165) is 25.7 Å². The molecule has 1 rings (SSSR count). The number of rotatable bonds is 7. The van der Waals surface area contributed by atoms with Gasteiger partial charge >= 0.3 is 0 Å². The molecule has 2 heteroatoms. The number of hydrogen-bond acceptors (Lipinski definition) is 1. The highest BCUT2D eigenvalue weighted by Gasteiger charge is 2.17. The smallest absolute Gasteiger partial charge is 0.166 e. The Balaban J connectivity index is 2.72. The maximum atomic E-state index is 13.8. The molecule has 0 bridgehead atoms. The Bertz CT molecular complexity index is 398. The summed E-state index contributed by atoms with van der Waals surface area (Å²) in [6.07, 6.45) is 4.80. The molecule has 0 aliphatic rings. The van der Waals surface area contributed by atoms with Gasteiger partial charge in [-0.25, -0.2) is 4.39 Å². The number of aryl methyl sites for hydroxylation is 1. The van der Waals surface area contributed by atoms with Crippen LogP contribution < -0.4 is 0 Å². The molecule has 0 saturated carbocycles. The normalized spacial score (nSPS) is 12.4. The molecule has 0 aliphatic carbocycles. The van der Waals surface area contributed by atoms with Crippen LogP contribution in [0.4, 0.5) is 4.39 Å². The number of unbranched alkanes of at least 4 members (excludes halogenated alkanes) is 1. The van der Waals surface area contributed by atoms with E-state index in [9.17, 15) is 9.18 Å². The number of Topliss-reactive ketones (excluding diaryl/α,β-unsaturated/α-hetero) is 1. The molecule has 18 heavy (non-hydrogen) atoms. The fourth-order valence-corrected chi connectivity index (χ4v) is 2.18. The van der Waals surface area contributed by atoms with Crippen LogP contribution in [0.5, 0.6) is 0 Å². The minimum atomic E-state index is -0.354. The first-order chi connectivity index (χ1) is 8.60. The van der Waals surface area contributed by atoms with Crippen LogP contribution in [0.1, 0.15) is 61.9 Å². The van der Waals surface area contributed by atoms with E-state index in [1.807, 2.05) is 0 Å². The SMILES string of the molecule is CCCCC(CC)CC(=O)c1cccc(C)c1F. The Hall–Kier alpha value is -1.18. The molecular formula is C16H23FO. The maximum absolute atomic E-state index is 13.8. The van der Waals surface area contributed by atoms with Crippen molar-refractivity contribution in [1.29, 1.82) is 0 Å². The van der Waals surface area contributed by atoms with Crippen LogP contribution in [-0.2, 0) is 0 Å². The van der Waals surface area contributed by atoms with Gasteiger partial charge < -0.3 is 0 Å². The highest BCUT2D eigenvalue weighted by molar-refractivity contribution is 5.96. The number of ketones is 1. The molecule has 0 aromatic heterocycles. The minimum Gasteiger partial charge on any atom is -0.294 e. The van der Waals surface area contributed by atoms with Crippen molar-refractivity contribution in [3.8, 4) is 0 Å². The first kappa shape index (κ1) is 14.9. The highest BCUT2D eigenvalue weighted by Crippen LogP contribution is 2.21. The van der Waals surface area contributed by atoms with Gasteiger partial charge in [0.15, 0.2) is 5.78 Å². The third-order valence-corrected chi connectivity index (χ3v) is 3.51. The topological polar surface area (TPSA) is 17.1 Å². The molecule has 0 amide bonds. The van der Waals surface area contributed by atoms with E-state index >= 15 is 0 Å². The second-order valence-electron chi connectivity index (χ2n) is 4.98. The van der Waals surface area contributed by atoms with Crippen LogP contribution in [0, 0.1) is 18.7 Å².